The van der Waals surface area contributed by atoms with Crippen molar-refractivity contribution in [1.82, 2.24) is 0 Å². The van der Waals surface area contributed by atoms with Gasteiger partial charge in [-0.1, -0.05) is 11.6 Å². The topological polar surface area (TPSA) is 87.6 Å². The number of amides is 1. The van der Waals surface area contributed by atoms with Gasteiger partial charge in [0.2, 0.25) is 5.91 Å². The molecule has 0 heterocycles. The predicted molar refractivity (Wildman–Crippen MR) is 70.1 cm³/mol. The maximum atomic E-state index is 10.6. The van der Waals surface area contributed by atoms with Gasteiger partial charge in [0, 0.05) is 0 Å². The summed E-state index contributed by atoms with van der Waals surface area (Å²) in [5, 5.41) is 0.433. The zero-order valence-corrected chi connectivity index (χ0v) is 11.0. The summed E-state index contributed by atoms with van der Waals surface area (Å²) in [6, 6.07) is 3.59. The first-order chi connectivity index (χ1) is 8.58. The van der Waals surface area contributed by atoms with Crippen molar-refractivity contribution < 1.29 is 14.3 Å². The fourth-order valence-electron chi connectivity index (χ4n) is 1.48. The summed E-state index contributed by atoms with van der Waals surface area (Å²) in [4.78, 5) is 10.6. The summed E-state index contributed by atoms with van der Waals surface area (Å²) in [7, 11) is 1.53. The predicted octanol–water partition coefficient (Wildman–Crippen LogP) is 1.10. The highest BCUT2D eigenvalue weighted by atomic mass is 35.5. The van der Waals surface area contributed by atoms with Gasteiger partial charge in [0.05, 0.1) is 25.2 Å². The highest BCUT2D eigenvalue weighted by Crippen LogP contribution is 2.36. The Bertz CT molecular complexity index is 424. The molecule has 5 nitrogen and oxygen atoms in total. The number of hydrogen-bond acceptors (Lipinski definition) is 4. The van der Waals surface area contributed by atoms with Crippen LogP contribution in [0.4, 0.5) is 0 Å². The molecule has 1 aromatic carbocycles. The second kappa shape index (κ2) is 7.08. The average molecular weight is 273 g/mol. The second-order valence-corrected chi connectivity index (χ2v) is 4.12. The molecule has 0 saturated carbocycles. The van der Waals surface area contributed by atoms with Crippen molar-refractivity contribution in [2.45, 2.75) is 12.8 Å². The summed E-state index contributed by atoms with van der Waals surface area (Å²) < 4.78 is 10.6. The van der Waals surface area contributed by atoms with Gasteiger partial charge in [-0.25, -0.2) is 0 Å². The van der Waals surface area contributed by atoms with Crippen molar-refractivity contribution in [2.75, 3.05) is 20.3 Å². The van der Waals surface area contributed by atoms with E-state index in [2.05, 4.69) is 0 Å². The number of ether oxygens (including phenoxy) is 2. The molecule has 0 unspecified atom stereocenters. The van der Waals surface area contributed by atoms with Crippen LogP contribution in [0.15, 0.2) is 12.1 Å². The number of carbonyl (C=O) groups is 1. The lowest BCUT2D eigenvalue weighted by atomic mass is 10.1. The summed E-state index contributed by atoms with van der Waals surface area (Å²) in [6.45, 7) is 0.697. The molecular formula is C12H17ClN2O3. The zero-order chi connectivity index (χ0) is 13.5. The van der Waals surface area contributed by atoms with E-state index in [1.165, 1.54) is 7.11 Å². The molecule has 100 valence electrons. The van der Waals surface area contributed by atoms with Crippen LogP contribution in [0.5, 0.6) is 11.5 Å². The van der Waals surface area contributed by atoms with Crippen LogP contribution in [0.3, 0.4) is 0 Å². The van der Waals surface area contributed by atoms with Gasteiger partial charge in [0.25, 0.3) is 0 Å². The van der Waals surface area contributed by atoms with Crippen molar-refractivity contribution >= 4 is 17.5 Å². The lowest BCUT2D eigenvalue weighted by molar-refractivity contribution is -0.118. The Hall–Kier alpha value is -1.46. The highest BCUT2D eigenvalue weighted by Gasteiger charge is 2.12. The minimum atomic E-state index is -0.426. The van der Waals surface area contributed by atoms with Crippen LogP contribution < -0.4 is 20.9 Å². The lowest BCUT2D eigenvalue weighted by Crippen LogP contribution is -2.15. The Morgan fingerprint density at radius 1 is 1.44 bits per heavy atom. The molecule has 0 aliphatic heterocycles. The van der Waals surface area contributed by atoms with E-state index < -0.39 is 5.91 Å². The highest BCUT2D eigenvalue weighted by molar-refractivity contribution is 6.32. The molecular weight excluding hydrogens is 256 g/mol. The minimum absolute atomic E-state index is 0.129. The van der Waals surface area contributed by atoms with Crippen LogP contribution in [-0.4, -0.2) is 26.2 Å². The number of rotatable bonds is 7. The fourth-order valence-corrected chi connectivity index (χ4v) is 1.77. The van der Waals surface area contributed by atoms with Gasteiger partial charge in [-0.3, -0.25) is 4.79 Å². The van der Waals surface area contributed by atoms with Crippen molar-refractivity contribution in [3.05, 3.63) is 22.7 Å². The van der Waals surface area contributed by atoms with Crippen LogP contribution in [0.2, 0.25) is 5.02 Å². The molecule has 1 aromatic rings. The van der Waals surface area contributed by atoms with E-state index in [1.807, 2.05) is 6.07 Å². The Labute approximate surface area is 111 Å². The quantitative estimate of drug-likeness (QED) is 0.778. The molecule has 0 fully saturated rings. The van der Waals surface area contributed by atoms with Crippen LogP contribution in [0, 0.1) is 0 Å². The number of primary amides is 1. The number of carbonyl (C=O) groups excluding carboxylic acids is 1. The Morgan fingerprint density at radius 3 is 2.72 bits per heavy atom. The van der Waals surface area contributed by atoms with E-state index in [9.17, 15) is 4.79 Å². The third-order valence-corrected chi connectivity index (χ3v) is 2.60. The first-order valence-electron chi connectivity index (χ1n) is 5.56. The lowest BCUT2D eigenvalue weighted by Gasteiger charge is -2.13. The van der Waals surface area contributed by atoms with Gasteiger partial charge in [-0.2, -0.15) is 0 Å². The van der Waals surface area contributed by atoms with Gasteiger partial charge in [-0.15, -0.1) is 0 Å². The third kappa shape index (κ3) is 4.09. The summed E-state index contributed by atoms with van der Waals surface area (Å²) in [5.74, 6) is 0.515. The third-order valence-electron chi connectivity index (χ3n) is 2.32. The monoisotopic (exact) mass is 272 g/mol. The molecule has 1 rings (SSSR count). The normalized spacial score (nSPS) is 10.2. The summed E-state index contributed by atoms with van der Waals surface area (Å²) in [5.41, 5.74) is 11.5. The van der Waals surface area contributed by atoms with Gasteiger partial charge in [-0.05, 0) is 30.7 Å². The molecule has 4 N–H and O–H groups in total. The fraction of sp³-hybridized carbons (Fsp3) is 0.417. The maximum absolute atomic E-state index is 10.6. The van der Waals surface area contributed by atoms with E-state index in [1.54, 1.807) is 6.07 Å². The standard InChI is InChI=1S/C12H17ClN2O3/c1-17-10-7-8(2-4-14)6-9(13)12(10)18-5-3-11(15)16/h6-7H,2-5,14H2,1H3,(H2,15,16). The van der Waals surface area contributed by atoms with Crippen molar-refractivity contribution in [3.63, 3.8) is 0 Å². The average Bonchev–Trinajstić information content (AvgIpc) is 2.31. The van der Waals surface area contributed by atoms with E-state index in [0.29, 0.717) is 29.5 Å². The molecule has 6 heteroatoms. The molecule has 0 spiro atoms. The summed E-state index contributed by atoms with van der Waals surface area (Å²) in [6.07, 6.45) is 0.835. The zero-order valence-electron chi connectivity index (χ0n) is 10.2. The Kier molecular flexibility index (Phi) is 5.74. The summed E-state index contributed by atoms with van der Waals surface area (Å²) >= 11 is 6.10. The van der Waals surface area contributed by atoms with Gasteiger partial charge in [0.15, 0.2) is 11.5 Å². The number of nitrogens with two attached hydrogens (primary N) is 2. The number of hydrogen-bond donors (Lipinski definition) is 2. The number of halogens is 1. The molecule has 0 aromatic heterocycles. The van der Waals surface area contributed by atoms with Crippen LogP contribution in [-0.2, 0) is 11.2 Å². The van der Waals surface area contributed by atoms with E-state index >= 15 is 0 Å². The molecule has 0 bridgehead atoms. The molecule has 0 saturated heterocycles. The minimum Gasteiger partial charge on any atom is -0.493 e. The molecule has 0 aliphatic rings. The van der Waals surface area contributed by atoms with Gasteiger partial charge < -0.3 is 20.9 Å². The van der Waals surface area contributed by atoms with E-state index in [4.69, 9.17) is 32.5 Å². The van der Waals surface area contributed by atoms with Gasteiger partial charge in [0.1, 0.15) is 0 Å². The van der Waals surface area contributed by atoms with E-state index in [-0.39, 0.29) is 13.0 Å². The maximum Gasteiger partial charge on any atom is 0.220 e. The molecule has 0 aliphatic carbocycles. The molecule has 0 atom stereocenters. The largest absolute Gasteiger partial charge is 0.493 e. The second-order valence-electron chi connectivity index (χ2n) is 3.71. The van der Waals surface area contributed by atoms with Crippen LogP contribution in [0.1, 0.15) is 12.0 Å². The first-order valence-corrected chi connectivity index (χ1v) is 5.93. The molecule has 0 radical (unpaired) electrons. The molecule has 18 heavy (non-hydrogen) atoms. The van der Waals surface area contributed by atoms with Crippen molar-refractivity contribution in [2.24, 2.45) is 11.5 Å². The first kappa shape index (κ1) is 14.6. The SMILES string of the molecule is COc1cc(CCN)cc(Cl)c1OCCC(N)=O. The van der Waals surface area contributed by atoms with Crippen molar-refractivity contribution in [3.8, 4) is 11.5 Å². The van der Waals surface area contributed by atoms with Crippen LogP contribution in [0.25, 0.3) is 0 Å². The number of benzene rings is 1. The Morgan fingerprint density at radius 2 is 2.17 bits per heavy atom. The molecule has 1 amide bonds. The van der Waals surface area contributed by atoms with Crippen molar-refractivity contribution in [1.29, 1.82) is 0 Å². The Balaban J connectivity index is 2.85. The number of methoxy groups -OCH3 is 1. The van der Waals surface area contributed by atoms with Gasteiger partial charge >= 0.3 is 0 Å². The van der Waals surface area contributed by atoms with Crippen LogP contribution >= 0.6 is 11.6 Å². The van der Waals surface area contributed by atoms with E-state index in [0.717, 1.165) is 5.56 Å². The smallest absolute Gasteiger partial charge is 0.220 e.